The van der Waals surface area contributed by atoms with Crippen molar-refractivity contribution in [3.63, 3.8) is 0 Å². The van der Waals surface area contributed by atoms with Gasteiger partial charge in [0.2, 0.25) is 0 Å². The number of esters is 1. The van der Waals surface area contributed by atoms with E-state index in [2.05, 4.69) is 4.74 Å². The Morgan fingerprint density at radius 1 is 1.03 bits per heavy atom. The number of ketones is 1. The third-order valence-electron chi connectivity index (χ3n) is 4.83. The van der Waals surface area contributed by atoms with Crippen molar-refractivity contribution in [1.29, 1.82) is 0 Å². The molecule has 7 nitrogen and oxygen atoms in total. The van der Waals surface area contributed by atoms with Crippen LogP contribution in [0.2, 0.25) is 0 Å². The van der Waals surface area contributed by atoms with Gasteiger partial charge in [-0.1, -0.05) is 26.0 Å². The fraction of sp³-hybridized carbons (Fsp3) is 0.391. The van der Waals surface area contributed by atoms with E-state index in [0.29, 0.717) is 23.5 Å². The van der Waals surface area contributed by atoms with E-state index in [0.717, 1.165) is 6.42 Å². The summed E-state index contributed by atoms with van der Waals surface area (Å²) in [6.45, 7) is 4.99. The van der Waals surface area contributed by atoms with Crippen LogP contribution in [-0.2, 0) is 20.7 Å². The van der Waals surface area contributed by atoms with E-state index >= 15 is 0 Å². The van der Waals surface area contributed by atoms with Gasteiger partial charge >= 0.3 is 5.97 Å². The molecule has 2 aromatic carbocycles. The molecule has 0 bridgehead atoms. The lowest BCUT2D eigenvalue weighted by atomic mass is 9.84. The highest BCUT2D eigenvalue weighted by Crippen LogP contribution is 2.45. The second kappa shape index (κ2) is 10.0. The Bertz CT molecular complexity index is 901. The summed E-state index contributed by atoms with van der Waals surface area (Å²) in [5.41, 5.74) is 1.10. The third-order valence-corrected chi connectivity index (χ3v) is 4.83. The van der Waals surface area contributed by atoms with Crippen LogP contribution < -0.4 is 4.74 Å². The number of rotatable bonds is 9. The molecular weight excluding hydrogens is 388 g/mol. The lowest BCUT2D eigenvalue weighted by Gasteiger charge is -2.23. The number of hydrogen-bond acceptors (Lipinski definition) is 7. The molecule has 0 aliphatic carbocycles. The number of Topliss-reactive ketones (excluding diaryl/α,β-unsaturated/α-hetero) is 1. The molecule has 162 valence electrons. The first-order chi connectivity index (χ1) is 14.1. The van der Waals surface area contributed by atoms with Crippen LogP contribution in [0, 0.1) is 5.92 Å². The fourth-order valence-corrected chi connectivity index (χ4v) is 3.27. The topological polar surface area (TPSA) is 113 Å². The smallest absolute Gasteiger partial charge is 0.343 e. The summed E-state index contributed by atoms with van der Waals surface area (Å²) in [7, 11) is 1.22. The standard InChI is InChI=1S/C23H28O7/c1-13(2)5-10-17-18(26)11-19(27)22(23(17)30-12-20(28)29-4)21(14(3)24)15-6-8-16(25)9-7-15/h6-9,11,13,21,25-27H,5,10,12H2,1-4H3. The summed E-state index contributed by atoms with van der Waals surface area (Å²) in [5, 5.41) is 30.7. The maximum atomic E-state index is 12.6. The van der Waals surface area contributed by atoms with E-state index in [4.69, 9.17) is 4.74 Å². The van der Waals surface area contributed by atoms with Crippen molar-refractivity contribution in [2.24, 2.45) is 5.92 Å². The number of hydrogen-bond donors (Lipinski definition) is 3. The highest BCUT2D eigenvalue weighted by molar-refractivity contribution is 5.89. The zero-order valence-corrected chi connectivity index (χ0v) is 17.6. The molecule has 3 N–H and O–H groups in total. The van der Waals surface area contributed by atoms with Crippen molar-refractivity contribution in [3.05, 3.63) is 47.0 Å². The SMILES string of the molecule is COC(=O)COc1c(CCC(C)C)c(O)cc(O)c1C(C(C)=O)c1ccc(O)cc1. The fourth-order valence-electron chi connectivity index (χ4n) is 3.27. The molecular formula is C23H28O7. The van der Waals surface area contributed by atoms with Crippen LogP contribution in [0.5, 0.6) is 23.0 Å². The quantitative estimate of drug-likeness (QED) is 0.535. The first-order valence-electron chi connectivity index (χ1n) is 9.72. The summed E-state index contributed by atoms with van der Waals surface area (Å²) in [6.07, 6.45) is 1.14. The minimum absolute atomic E-state index is 0.0377. The Hall–Kier alpha value is -3.22. The van der Waals surface area contributed by atoms with E-state index in [1.165, 1.54) is 32.2 Å². The van der Waals surface area contributed by atoms with Gasteiger partial charge in [-0.2, -0.15) is 0 Å². The van der Waals surface area contributed by atoms with Crippen LogP contribution in [0.25, 0.3) is 0 Å². The van der Waals surface area contributed by atoms with E-state index in [1.807, 2.05) is 13.8 Å². The molecule has 0 amide bonds. The van der Waals surface area contributed by atoms with Crippen LogP contribution in [0.1, 0.15) is 49.8 Å². The van der Waals surface area contributed by atoms with Crippen LogP contribution >= 0.6 is 0 Å². The molecule has 2 rings (SSSR count). The number of phenolic OH excluding ortho intramolecular Hbond substituents is 3. The van der Waals surface area contributed by atoms with Gasteiger partial charge in [0.05, 0.1) is 18.6 Å². The Balaban J connectivity index is 2.69. The molecule has 0 heterocycles. The van der Waals surface area contributed by atoms with Gasteiger partial charge < -0.3 is 24.8 Å². The first kappa shape index (κ1) is 23.1. The van der Waals surface area contributed by atoms with Gasteiger partial charge in [-0.3, -0.25) is 4.79 Å². The lowest BCUT2D eigenvalue weighted by Crippen LogP contribution is -2.18. The monoisotopic (exact) mass is 416 g/mol. The van der Waals surface area contributed by atoms with Crippen molar-refractivity contribution in [2.45, 2.75) is 39.5 Å². The first-order valence-corrected chi connectivity index (χ1v) is 9.72. The summed E-state index contributed by atoms with van der Waals surface area (Å²) in [5.74, 6) is -1.88. The Kier molecular flexibility index (Phi) is 7.69. The van der Waals surface area contributed by atoms with Gasteiger partial charge in [0.1, 0.15) is 28.8 Å². The van der Waals surface area contributed by atoms with Crippen molar-refractivity contribution < 1.29 is 34.4 Å². The van der Waals surface area contributed by atoms with Gasteiger partial charge in [0.15, 0.2) is 6.61 Å². The van der Waals surface area contributed by atoms with Gasteiger partial charge in [-0.25, -0.2) is 4.79 Å². The minimum Gasteiger partial charge on any atom is -0.508 e. The number of ether oxygens (including phenoxy) is 2. The Morgan fingerprint density at radius 3 is 2.20 bits per heavy atom. The third kappa shape index (κ3) is 5.43. The average molecular weight is 416 g/mol. The normalized spacial score (nSPS) is 11.9. The average Bonchev–Trinajstić information content (AvgIpc) is 2.68. The van der Waals surface area contributed by atoms with Crippen molar-refractivity contribution in [2.75, 3.05) is 13.7 Å². The van der Waals surface area contributed by atoms with Crippen LogP contribution in [0.4, 0.5) is 0 Å². The molecule has 0 fully saturated rings. The minimum atomic E-state index is -0.920. The molecule has 0 spiro atoms. The highest BCUT2D eigenvalue weighted by Gasteiger charge is 2.30. The maximum Gasteiger partial charge on any atom is 0.343 e. The van der Waals surface area contributed by atoms with Crippen molar-refractivity contribution in [1.82, 2.24) is 0 Å². The van der Waals surface area contributed by atoms with E-state index in [1.54, 1.807) is 12.1 Å². The summed E-state index contributed by atoms with van der Waals surface area (Å²) in [4.78, 5) is 24.3. The highest BCUT2D eigenvalue weighted by atomic mass is 16.6. The van der Waals surface area contributed by atoms with Crippen molar-refractivity contribution in [3.8, 4) is 23.0 Å². The van der Waals surface area contributed by atoms with Crippen LogP contribution in [0.3, 0.4) is 0 Å². The number of benzene rings is 2. The Morgan fingerprint density at radius 2 is 1.67 bits per heavy atom. The van der Waals surface area contributed by atoms with E-state index in [-0.39, 0.29) is 34.3 Å². The van der Waals surface area contributed by atoms with Crippen LogP contribution in [0.15, 0.2) is 30.3 Å². The molecule has 0 saturated carbocycles. The van der Waals surface area contributed by atoms with E-state index < -0.39 is 18.5 Å². The molecule has 0 aromatic heterocycles. The number of phenols is 3. The summed E-state index contributed by atoms with van der Waals surface area (Å²) in [6, 6.07) is 7.22. The van der Waals surface area contributed by atoms with Gasteiger partial charge in [-0.15, -0.1) is 0 Å². The second-order valence-corrected chi connectivity index (χ2v) is 7.57. The van der Waals surface area contributed by atoms with Crippen molar-refractivity contribution >= 4 is 11.8 Å². The molecule has 0 aliphatic heterocycles. The number of carbonyl (C=O) groups is 2. The number of methoxy groups -OCH3 is 1. The molecule has 1 unspecified atom stereocenters. The Labute approximate surface area is 175 Å². The van der Waals surface area contributed by atoms with Gasteiger partial charge in [0, 0.05) is 11.6 Å². The maximum absolute atomic E-state index is 12.6. The zero-order valence-electron chi connectivity index (χ0n) is 17.6. The molecule has 30 heavy (non-hydrogen) atoms. The molecule has 7 heteroatoms. The molecule has 0 saturated heterocycles. The van der Waals surface area contributed by atoms with Crippen LogP contribution in [-0.4, -0.2) is 40.8 Å². The van der Waals surface area contributed by atoms with E-state index in [9.17, 15) is 24.9 Å². The number of aromatic hydroxyl groups is 3. The zero-order chi connectivity index (χ0) is 22.4. The second-order valence-electron chi connectivity index (χ2n) is 7.57. The molecule has 0 radical (unpaired) electrons. The molecule has 1 atom stereocenters. The van der Waals surface area contributed by atoms with Gasteiger partial charge in [-0.05, 0) is 43.4 Å². The summed E-state index contributed by atoms with van der Waals surface area (Å²) < 4.78 is 10.3. The lowest BCUT2D eigenvalue weighted by molar-refractivity contribution is -0.142. The summed E-state index contributed by atoms with van der Waals surface area (Å²) >= 11 is 0. The number of carbonyl (C=O) groups excluding carboxylic acids is 2. The molecule has 0 aliphatic rings. The predicted molar refractivity (Wildman–Crippen MR) is 111 cm³/mol. The largest absolute Gasteiger partial charge is 0.508 e. The molecule has 2 aromatic rings. The predicted octanol–water partition coefficient (Wildman–Crippen LogP) is 3.66. The van der Waals surface area contributed by atoms with Gasteiger partial charge in [0.25, 0.3) is 0 Å².